The molecule has 0 saturated heterocycles. The lowest BCUT2D eigenvalue weighted by Gasteiger charge is -2.29. The molecule has 0 aromatic carbocycles. The van der Waals surface area contributed by atoms with Crippen molar-refractivity contribution in [3.63, 3.8) is 0 Å². The normalized spacial score (nSPS) is 18.3. The first-order valence-electron chi connectivity index (χ1n) is 7.66. The van der Waals surface area contributed by atoms with E-state index in [0.717, 1.165) is 15.9 Å². The Hall–Kier alpha value is -2.03. The van der Waals surface area contributed by atoms with Gasteiger partial charge in [0.1, 0.15) is 16.4 Å². The molecule has 1 aliphatic rings. The Morgan fingerprint density at radius 3 is 2.75 bits per heavy atom. The molecule has 0 bridgehead atoms. The minimum atomic E-state index is -2.56. The summed E-state index contributed by atoms with van der Waals surface area (Å²) in [6, 6.07) is 3.71. The van der Waals surface area contributed by atoms with Gasteiger partial charge in [-0.2, -0.15) is 10.2 Å². The van der Waals surface area contributed by atoms with Crippen LogP contribution in [0.1, 0.15) is 31.7 Å². The highest BCUT2D eigenvalue weighted by Gasteiger charge is 2.36. The van der Waals surface area contributed by atoms with Crippen molar-refractivity contribution in [1.29, 1.82) is 0 Å². The molecular formula is C15H15BrF2N6. The molecule has 6 nitrogen and oxygen atoms in total. The Balaban J connectivity index is 1.79. The highest BCUT2D eigenvalue weighted by atomic mass is 79.9. The van der Waals surface area contributed by atoms with Crippen LogP contribution in [0.2, 0.25) is 0 Å². The molecular weight excluding hydrogens is 382 g/mol. The molecule has 126 valence electrons. The molecule has 0 atom stereocenters. The lowest BCUT2D eigenvalue weighted by molar-refractivity contribution is -0.0448. The summed E-state index contributed by atoms with van der Waals surface area (Å²) in [6.07, 6.45) is 3.66. The highest BCUT2D eigenvalue weighted by Crippen LogP contribution is 2.41. The second kappa shape index (κ2) is 5.51. The Labute approximate surface area is 144 Å². The van der Waals surface area contributed by atoms with E-state index in [9.17, 15) is 8.78 Å². The molecule has 0 spiro atoms. The Bertz CT molecular complexity index is 893. The van der Waals surface area contributed by atoms with Gasteiger partial charge >= 0.3 is 0 Å². The fraction of sp³-hybridized carbons (Fsp3) is 0.400. The summed E-state index contributed by atoms with van der Waals surface area (Å²) in [6.45, 7) is 0. The van der Waals surface area contributed by atoms with Crippen LogP contribution in [0.15, 0.2) is 29.3 Å². The minimum absolute atomic E-state index is 0.0470. The monoisotopic (exact) mass is 396 g/mol. The Morgan fingerprint density at radius 1 is 1.25 bits per heavy atom. The number of rotatable bonds is 2. The SMILES string of the molecule is Nc1ncnn2c(Br)cc(-c3ccnn3C3CCC(F)(F)CC3)c12. The van der Waals surface area contributed by atoms with Gasteiger partial charge in [-0.05, 0) is 40.9 Å². The molecule has 4 rings (SSSR count). The molecule has 9 heteroatoms. The minimum Gasteiger partial charge on any atom is -0.382 e. The van der Waals surface area contributed by atoms with Gasteiger partial charge in [0.2, 0.25) is 5.92 Å². The smallest absolute Gasteiger partial charge is 0.248 e. The van der Waals surface area contributed by atoms with Crippen LogP contribution in [0, 0.1) is 0 Å². The van der Waals surface area contributed by atoms with E-state index in [1.54, 1.807) is 10.7 Å². The van der Waals surface area contributed by atoms with Gasteiger partial charge in [0, 0.05) is 24.6 Å². The molecule has 1 fully saturated rings. The predicted octanol–water partition coefficient (Wildman–Crippen LogP) is 3.69. The van der Waals surface area contributed by atoms with Crippen molar-refractivity contribution in [2.24, 2.45) is 0 Å². The number of hydrogen-bond donors (Lipinski definition) is 1. The molecule has 3 aromatic heterocycles. The summed E-state index contributed by atoms with van der Waals surface area (Å²) in [4.78, 5) is 4.05. The number of alkyl halides is 2. The van der Waals surface area contributed by atoms with Crippen LogP contribution in [-0.4, -0.2) is 30.3 Å². The first-order chi connectivity index (χ1) is 11.5. The molecule has 3 aromatic rings. The van der Waals surface area contributed by atoms with Crippen LogP contribution in [-0.2, 0) is 0 Å². The summed E-state index contributed by atoms with van der Waals surface area (Å²) in [5.74, 6) is -2.21. The van der Waals surface area contributed by atoms with Crippen LogP contribution >= 0.6 is 15.9 Å². The number of nitrogens with zero attached hydrogens (tertiary/aromatic N) is 5. The molecule has 0 aliphatic heterocycles. The molecule has 24 heavy (non-hydrogen) atoms. The molecule has 1 aliphatic carbocycles. The number of nitrogens with two attached hydrogens (primary N) is 1. The van der Waals surface area contributed by atoms with Gasteiger partial charge in [0.15, 0.2) is 5.82 Å². The van der Waals surface area contributed by atoms with Gasteiger partial charge in [-0.25, -0.2) is 18.3 Å². The summed E-state index contributed by atoms with van der Waals surface area (Å²) >= 11 is 3.46. The van der Waals surface area contributed by atoms with E-state index in [0.29, 0.717) is 24.2 Å². The van der Waals surface area contributed by atoms with Gasteiger partial charge in [0.25, 0.3) is 0 Å². The van der Waals surface area contributed by atoms with E-state index in [2.05, 4.69) is 31.1 Å². The highest BCUT2D eigenvalue weighted by molar-refractivity contribution is 9.10. The van der Waals surface area contributed by atoms with Crippen LogP contribution in [0.5, 0.6) is 0 Å². The zero-order chi connectivity index (χ0) is 16.9. The van der Waals surface area contributed by atoms with Crippen molar-refractivity contribution in [3.8, 4) is 11.3 Å². The second-order valence-electron chi connectivity index (χ2n) is 6.03. The largest absolute Gasteiger partial charge is 0.382 e. The van der Waals surface area contributed by atoms with Crippen molar-refractivity contribution in [2.45, 2.75) is 37.6 Å². The van der Waals surface area contributed by atoms with Gasteiger partial charge in [-0.1, -0.05) is 0 Å². The fourth-order valence-electron chi connectivity index (χ4n) is 3.31. The first kappa shape index (κ1) is 15.5. The first-order valence-corrected chi connectivity index (χ1v) is 8.45. The lowest BCUT2D eigenvalue weighted by atomic mass is 9.92. The number of fused-ring (bicyclic) bond motifs is 1. The maximum atomic E-state index is 13.4. The Kier molecular flexibility index (Phi) is 3.56. The molecule has 0 amide bonds. The average Bonchev–Trinajstić information content (AvgIpc) is 3.13. The number of halogens is 3. The van der Waals surface area contributed by atoms with E-state index >= 15 is 0 Å². The third kappa shape index (κ3) is 2.47. The van der Waals surface area contributed by atoms with Crippen LogP contribution in [0.3, 0.4) is 0 Å². The van der Waals surface area contributed by atoms with E-state index in [-0.39, 0.29) is 18.9 Å². The predicted molar refractivity (Wildman–Crippen MR) is 88.8 cm³/mol. The van der Waals surface area contributed by atoms with Crippen molar-refractivity contribution in [2.75, 3.05) is 5.73 Å². The van der Waals surface area contributed by atoms with E-state index < -0.39 is 5.92 Å². The molecule has 1 saturated carbocycles. The molecule has 0 unspecified atom stereocenters. The molecule has 2 N–H and O–H groups in total. The summed E-state index contributed by atoms with van der Waals surface area (Å²) < 4.78 is 31.1. The third-order valence-corrected chi connectivity index (χ3v) is 5.08. The van der Waals surface area contributed by atoms with Crippen LogP contribution < -0.4 is 5.73 Å². The van der Waals surface area contributed by atoms with Crippen LogP contribution in [0.4, 0.5) is 14.6 Å². The summed E-state index contributed by atoms with van der Waals surface area (Å²) in [5, 5.41) is 8.56. The van der Waals surface area contributed by atoms with Crippen LogP contribution in [0.25, 0.3) is 16.8 Å². The number of hydrogen-bond acceptors (Lipinski definition) is 4. The fourth-order valence-corrected chi connectivity index (χ4v) is 3.81. The topological polar surface area (TPSA) is 74.0 Å². The molecule has 3 heterocycles. The van der Waals surface area contributed by atoms with Crippen molar-refractivity contribution < 1.29 is 8.78 Å². The van der Waals surface area contributed by atoms with Gasteiger partial charge in [-0.15, -0.1) is 0 Å². The Morgan fingerprint density at radius 2 is 2.00 bits per heavy atom. The van der Waals surface area contributed by atoms with Gasteiger partial charge in [0.05, 0.1) is 11.7 Å². The van der Waals surface area contributed by atoms with Crippen molar-refractivity contribution in [3.05, 3.63) is 29.3 Å². The lowest BCUT2D eigenvalue weighted by Crippen LogP contribution is -2.27. The zero-order valence-electron chi connectivity index (χ0n) is 12.7. The standard InChI is InChI=1S/C15H15BrF2N6/c16-12-7-10(13-14(19)20-8-22-24(12)13)11-3-6-21-23(11)9-1-4-15(17,18)5-2-9/h3,6-9H,1-2,4-5H2,(H2,19,20,22). The quantitative estimate of drug-likeness (QED) is 0.716. The van der Waals surface area contributed by atoms with E-state index in [4.69, 9.17) is 5.73 Å². The number of nitrogen functional groups attached to an aromatic ring is 1. The third-order valence-electron chi connectivity index (χ3n) is 4.52. The molecule has 0 radical (unpaired) electrons. The van der Waals surface area contributed by atoms with E-state index in [1.165, 1.54) is 6.33 Å². The van der Waals surface area contributed by atoms with Gasteiger partial charge < -0.3 is 5.73 Å². The summed E-state index contributed by atoms with van der Waals surface area (Å²) in [5.41, 5.74) is 8.35. The average molecular weight is 397 g/mol. The van der Waals surface area contributed by atoms with Crippen molar-refractivity contribution >= 4 is 27.3 Å². The van der Waals surface area contributed by atoms with E-state index in [1.807, 2.05) is 16.8 Å². The second-order valence-corrected chi connectivity index (χ2v) is 6.85. The zero-order valence-corrected chi connectivity index (χ0v) is 14.2. The maximum absolute atomic E-state index is 13.4. The summed E-state index contributed by atoms with van der Waals surface area (Å²) in [7, 11) is 0. The van der Waals surface area contributed by atoms with Crippen molar-refractivity contribution in [1.82, 2.24) is 24.4 Å². The maximum Gasteiger partial charge on any atom is 0.248 e. The van der Waals surface area contributed by atoms with Gasteiger partial charge in [-0.3, -0.25) is 4.68 Å². The number of anilines is 1. The number of aromatic nitrogens is 5.